The summed E-state index contributed by atoms with van der Waals surface area (Å²) in [5, 5.41) is 9.29. The number of ether oxygens (including phenoxy) is 3. The van der Waals surface area contributed by atoms with E-state index in [-0.39, 0.29) is 16.7 Å². The zero-order valence-corrected chi connectivity index (χ0v) is 23.3. The molecule has 0 spiro atoms. The molecule has 10 nitrogen and oxygen atoms in total. The summed E-state index contributed by atoms with van der Waals surface area (Å²) in [5.41, 5.74) is 1.17. The molecule has 0 fully saturated rings. The maximum atomic E-state index is 13.8. The fourth-order valence-electron chi connectivity index (χ4n) is 4.51. The number of carboxylic acids is 1. The summed E-state index contributed by atoms with van der Waals surface area (Å²) in [6.45, 7) is 4.57. The van der Waals surface area contributed by atoms with Crippen molar-refractivity contribution in [3.63, 3.8) is 0 Å². The van der Waals surface area contributed by atoms with E-state index in [2.05, 4.69) is 4.99 Å². The maximum absolute atomic E-state index is 13.8. The molecular weight excluding hydrogens is 548 g/mol. The van der Waals surface area contributed by atoms with Gasteiger partial charge in [-0.2, -0.15) is 0 Å². The number of hydrogen-bond donors (Lipinski definition) is 1. The second-order valence-corrected chi connectivity index (χ2v) is 9.85. The molecule has 0 amide bonds. The van der Waals surface area contributed by atoms with Crippen molar-refractivity contribution >= 4 is 29.4 Å². The topological polar surface area (TPSA) is 130 Å². The Kier molecular flexibility index (Phi) is 7.88. The van der Waals surface area contributed by atoms with Crippen LogP contribution < -0.4 is 24.4 Å². The summed E-state index contributed by atoms with van der Waals surface area (Å²) in [5.74, 6) is 0.243. The summed E-state index contributed by atoms with van der Waals surface area (Å²) in [7, 11) is 1.27. The summed E-state index contributed by atoms with van der Waals surface area (Å²) in [6.07, 6.45) is 3.01. The number of methoxy groups -OCH3 is 1. The molecule has 0 unspecified atom stereocenters. The van der Waals surface area contributed by atoms with Crippen LogP contribution in [0.25, 0.3) is 17.4 Å². The fraction of sp³-hybridized carbons (Fsp3) is 0.200. The first kappa shape index (κ1) is 27.7. The quantitative estimate of drug-likeness (QED) is 0.299. The molecule has 3 heterocycles. The fourth-order valence-corrected chi connectivity index (χ4v) is 5.46. The van der Waals surface area contributed by atoms with Gasteiger partial charge >= 0.3 is 11.9 Å². The average Bonchev–Trinajstić information content (AvgIpc) is 3.58. The lowest BCUT2D eigenvalue weighted by Gasteiger charge is -2.23. The molecule has 11 heteroatoms. The number of fused-ring (bicyclic) bond motifs is 1. The zero-order chi connectivity index (χ0) is 29.1. The normalized spacial score (nSPS) is 14.6. The molecule has 0 aliphatic carbocycles. The number of nitrogens with zero attached hydrogens (tertiary/aromatic N) is 2. The maximum Gasteiger partial charge on any atom is 0.337 e. The summed E-state index contributed by atoms with van der Waals surface area (Å²) in [6, 6.07) is 14.2. The molecule has 1 atom stereocenters. The average molecular weight is 575 g/mol. The summed E-state index contributed by atoms with van der Waals surface area (Å²) < 4.78 is 24.2. The Hall–Kier alpha value is -4.90. The number of benzene rings is 2. The highest BCUT2D eigenvalue weighted by atomic mass is 32.1. The molecule has 0 bridgehead atoms. The Morgan fingerprint density at radius 1 is 1.07 bits per heavy atom. The number of carbonyl (C=O) groups is 2. The van der Waals surface area contributed by atoms with E-state index >= 15 is 0 Å². The number of esters is 1. The van der Waals surface area contributed by atoms with Gasteiger partial charge in [0.15, 0.2) is 16.3 Å². The van der Waals surface area contributed by atoms with Crippen LogP contribution in [-0.4, -0.2) is 41.9 Å². The van der Waals surface area contributed by atoms with Crippen molar-refractivity contribution in [2.75, 3.05) is 20.3 Å². The van der Waals surface area contributed by atoms with Gasteiger partial charge in [-0.05, 0) is 55.8 Å². The first-order valence-electron chi connectivity index (χ1n) is 12.8. The van der Waals surface area contributed by atoms with Crippen molar-refractivity contribution < 1.29 is 33.3 Å². The van der Waals surface area contributed by atoms with E-state index < -0.39 is 18.0 Å². The highest BCUT2D eigenvalue weighted by Crippen LogP contribution is 2.35. The Balaban J connectivity index is 1.59. The third-order valence-electron chi connectivity index (χ3n) is 6.30. The minimum Gasteiger partial charge on any atom is -0.490 e. The standard InChI is InChI=1S/C30H26N2O8S/c1-4-38-23-11-9-18(14-24(23)39-5-2)26-21(29(36)37-3)16-31-30-32(26)27(33)25(41-30)15-20-10-12-22(40-20)17-7-6-8-19(13-17)28(34)35/h6-16,26H,4-5H2,1-3H3,(H,34,35)/b25-15+/t26-/m1/s1. The van der Waals surface area contributed by atoms with Crippen LogP contribution in [0.1, 0.15) is 41.6 Å². The minimum absolute atomic E-state index is 0.136. The molecule has 0 saturated heterocycles. The van der Waals surface area contributed by atoms with Crippen molar-refractivity contribution in [3.05, 3.63) is 103 Å². The van der Waals surface area contributed by atoms with Gasteiger partial charge in [0.05, 0.1) is 42.0 Å². The zero-order valence-electron chi connectivity index (χ0n) is 22.5. The van der Waals surface area contributed by atoms with Crippen LogP contribution in [0.5, 0.6) is 11.5 Å². The Labute approximate surface area is 238 Å². The summed E-state index contributed by atoms with van der Waals surface area (Å²) in [4.78, 5) is 42.7. The highest BCUT2D eigenvalue weighted by Gasteiger charge is 2.31. The van der Waals surface area contributed by atoms with E-state index in [0.29, 0.717) is 56.7 Å². The predicted octanol–water partition coefficient (Wildman–Crippen LogP) is 3.77. The van der Waals surface area contributed by atoms with Gasteiger partial charge in [0.25, 0.3) is 5.56 Å². The van der Waals surface area contributed by atoms with Crippen LogP contribution in [0.15, 0.2) is 80.6 Å². The van der Waals surface area contributed by atoms with Crippen molar-refractivity contribution in [3.8, 4) is 22.8 Å². The van der Waals surface area contributed by atoms with Gasteiger partial charge in [0.1, 0.15) is 11.5 Å². The van der Waals surface area contributed by atoms with Crippen LogP contribution in [0.4, 0.5) is 0 Å². The van der Waals surface area contributed by atoms with E-state index in [4.69, 9.17) is 18.6 Å². The second kappa shape index (κ2) is 11.7. The van der Waals surface area contributed by atoms with E-state index in [1.54, 1.807) is 48.5 Å². The van der Waals surface area contributed by atoms with Gasteiger partial charge in [0.2, 0.25) is 0 Å². The van der Waals surface area contributed by atoms with E-state index in [1.165, 1.54) is 30.0 Å². The molecule has 0 saturated carbocycles. The molecule has 2 aromatic heterocycles. The molecule has 41 heavy (non-hydrogen) atoms. The molecule has 1 aliphatic heterocycles. The third kappa shape index (κ3) is 5.44. The van der Waals surface area contributed by atoms with Crippen LogP contribution in [0.2, 0.25) is 0 Å². The summed E-state index contributed by atoms with van der Waals surface area (Å²) >= 11 is 1.15. The second-order valence-electron chi connectivity index (χ2n) is 8.84. The van der Waals surface area contributed by atoms with Crippen LogP contribution in [0.3, 0.4) is 0 Å². The Bertz CT molecular complexity index is 1850. The molecule has 1 N–H and O–H groups in total. The number of rotatable bonds is 9. The Morgan fingerprint density at radius 2 is 1.85 bits per heavy atom. The monoisotopic (exact) mass is 574 g/mol. The lowest BCUT2D eigenvalue weighted by Crippen LogP contribution is -2.39. The molecule has 210 valence electrons. The number of thiazole rings is 1. The van der Waals surface area contributed by atoms with Crippen molar-refractivity contribution in [2.24, 2.45) is 4.99 Å². The van der Waals surface area contributed by atoms with Gasteiger partial charge in [-0.25, -0.2) is 14.6 Å². The van der Waals surface area contributed by atoms with Crippen molar-refractivity contribution in [2.45, 2.75) is 19.9 Å². The van der Waals surface area contributed by atoms with Gasteiger partial charge in [-0.15, -0.1) is 0 Å². The van der Waals surface area contributed by atoms with Crippen LogP contribution in [-0.2, 0) is 9.53 Å². The van der Waals surface area contributed by atoms with Crippen LogP contribution in [0, 0.1) is 0 Å². The number of aromatic carboxylic acids is 1. The van der Waals surface area contributed by atoms with Gasteiger partial charge in [-0.1, -0.05) is 29.5 Å². The minimum atomic E-state index is -1.04. The highest BCUT2D eigenvalue weighted by molar-refractivity contribution is 7.07. The number of carboxylic acid groups (broad SMARTS) is 1. The molecule has 1 aliphatic rings. The van der Waals surface area contributed by atoms with E-state index in [9.17, 15) is 19.5 Å². The number of hydrogen-bond acceptors (Lipinski definition) is 9. The van der Waals surface area contributed by atoms with Gasteiger partial charge < -0.3 is 23.7 Å². The molecule has 0 radical (unpaired) electrons. The molecule has 4 aromatic rings. The molecule has 2 aromatic carbocycles. The third-order valence-corrected chi connectivity index (χ3v) is 7.30. The molecule has 5 rings (SSSR count). The first-order chi connectivity index (χ1) is 19.8. The smallest absolute Gasteiger partial charge is 0.337 e. The van der Waals surface area contributed by atoms with Gasteiger partial charge in [-0.3, -0.25) is 9.36 Å². The van der Waals surface area contributed by atoms with E-state index in [1.807, 2.05) is 13.8 Å². The molecular formula is C30H26N2O8S. The van der Waals surface area contributed by atoms with E-state index in [0.717, 1.165) is 11.3 Å². The van der Waals surface area contributed by atoms with Gasteiger partial charge in [0, 0.05) is 17.8 Å². The SMILES string of the molecule is CCOc1ccc([C@@H]2C(C(=O)OC)=CN=c3s/c(=C/c4ccc(-c5cccc(C(=O)O)c5)o4)c(=O)n32)cc1OCC. The number of aromatic nitrogens is 1. The lowest BCUT2D eigenvalue weighted by atomic mass is 9.97. The van der Waals surface area contributed by atoms with Crippen LogP contribution >= 0.6 is 11.3 Å². The largest absolute Gasteiger partial charge is 0.490 e. The predicted molar refractivity (Wildman–Crippen MR) is 151 cm³/mol. The van der Waals surface area contributed by atoms with Crippen molar-refractivity contribution in [1.82, 2.24) is 4.57 Å². The Morgan fingerprint density at radius 3 is 2.59 bits per heavy atom. The first-order valence-corrected chi connectivity index (χ1v) is 13.6. The lowest BCUT2D eigenvalue weighted by molar-refractivity contribution is -0.136. The number of furan rings is 1. The van der Waals surface area contributed by atoms with Crippen molar-refractivity contribution in [1.29, 1.82) is 0 Å². The number of carbonyl (C=O) groups excluding carboxylic acids is 1.